The zero-order chi connectivity index (χ0) is 10.7. The van der Waals surface area contributed by atoms with E-state index in [2.05, 4.69) is 10.3 Å². The highest BCUT2D eigenvalue weighted by Crippen LogP contribution is 2.07. The van der Waals surface area contributed by atoms with Gasteiger partial charge in [-0.25, -0.2) is 0 Å². The molecule has 1 N–H and O–H groups in total. The number of hydrogen-bond acceptors (Lipinski definition) is 5. The molecular weight excluding hydrogens is 184 g/mol. The van der Waals surface area contributed by atoms with Gasteiger partial charge in [-0.05, 0) is 6.92 Å². The third-order valence-corrected chi connectivity index (χ3v) is 2.04. The minimum atomic E-state index is -0.324. The first kappa shape index (κ1) is 10.7. The Morgan fingerprint density at radius 3 is 2.57 bits per heavy atom. The van der Waals surface area contributed by atoms with Crippen molar-refractivity contribution < 1.29 is 14.3 Å². The Morgan fingerprint density at radius 2 is 2.14 bits per heavy atom. The van der Waals surface area contributed by atoms with Crippen LogP contribution in [0.1, 0.15) is 20.8 Å². The van der Waals surface area contributed by atoms with Crippen molar-refractivity contribution >= 4 is 17.6 Å². The number of carbonyl (C=O) groups is 2. The lowest BCUT2D eigenvalue weighted by Gasteiger charge is -2.14. The molecule has 78 valence electrons. The SMILES string of the molecule is CC(=O)OCC1NC(C(C)=O)=NC1C. The Balaban J connectivity index is 2.46. The van der Waals surface area contributed by atoms with Crippen LogP contribution in [0.25, 0.3) is 0 Å². The number of aliphatic imine (C=N–C) groups is 1. The summed E-state index contributed by atoms with van der Waals surface area (Å²) in [7, 11) is 0. The van der Waals surface area contributed by atoms with Crippen molar-refractivity contribution in [2.45, 2.75) is 32.9 Å². The molecule has 5 nitrogen and oxygen atoms in total. The van der Waals surface area contributed by atoms with Crippen LogP contribution in [-0.4, -0.2) is 36.3 Å². The molecule has 0 aliphatic carbocycles. The number of rotatable bonds is 3. The maximum Gasteiger partial charge on any atom is 0.302 e. The van der Waals surface area contributed by atoms with E-state index < -0.39 is 0 Å². The van der Waals surface area contributed by atoms with Gasteiger partial charge in [0.15, 0.2) is 11.6 Å². The van der Waals surface area contributed by atoms with E-state index in [1.165, 1.54) is 13.8 Å². The van der Waals surface area contributed by atoms with Crippen LogP contribution in [0.4, 0.5) is 0 Å². The summed E-state index contributed by atoms with van der Waals surface area (Å²) in [5.41, 5.74) is 0. The van der Waals surface area contributed by atoms with E-state index in [1.807, 2.05) is 6.92 Å². The van der Waals surface area contributed by atoms with E-state index in [4.69, 9.17) is 4.74 Å². The highest BCUT2D eigenvalue weighted by Gasteiger charge is 2.27. The number of ether oxygens (including phenoxy) is 1. The average Bonchev–Trinajstić information content (AvgIpc) is 2.43. The molecule has 0 saturated carbocycles. The predicted octanol–water partition coefficient (Wildman–Crippen LogP) is -0.103. The Morgan fingerprint density at radius 1 is 1.50 bits per heavy atom. The Labute approximate surface area is 82.5 Å². The van der Waals surface area contributed by atoms with E-state index in [0.717, 1.165) is 0 Å². The smallest absolute Gasteiger partial charge is 0.302 e. The van der Waals surface area contributed by atoms with Gasteiger partial charge in [-0.1, -0.05) is 0 Å². The van der Waals surface area contributed by atoms with E-state index in [-0.39, 0.29) is 30.4 Å². The zero-order valence-electron chi connectivity index (χ0n) is 8.53. The number of esters is 1. The Kier molecular flexibility index (Phi) is 3.22. The fourth-order valence-corrected chi connectivity index (χ4v) is 1.21. The normalized spacial score (nSPS) is 25.2. The van der Waals surface area contributed by atoms with Gasteiger partial charge in [0.1, 0.15) is 6.61 Å². The number of nitrogens with one attached hydrogen (secondary N) is 1. The van der Waals surface area contributed by atoms with Crippen LogP contribution in [0, 0.1) is 0 Å². The maximum absolute atomic E-state index is 11.0. The van der Waals surface area contributed by atoms with Crippen LogP contribution in [0.5, 0.6) is 0 Å². The lowest BCUT2D eigenvalue weighted by molar-refractivity contribution is -0.141. The predicted molar refractivity (Wildman–Crippen MR) is 51.1 cm³/mol. The van der Waals surface area contributed by atoms with E-state index in [0.29, 0.717) is 5.84 Å². The van der Waals surface area contributed by atoms with Crippen molar-refractivity contribution in [1.82, 2.24) is 5.32 Å². The molecule has 5 heteroatoms. The van der Waals surface area contributed by atoms with Crippen molar-refractivity contribution in [3.8, 4) is 0 Å². The number of nitrogens with zero attached hydrogens (tertiary/aromatic N) is 1. The van der Waals surface area contributed by atoms with Crippen LogP contribution < -0.4 is 5.32 Å². The first-order chi connectivity index (χ1) is 6.50. The summed E-state index contributed by atoms with van der Waals surface area (Å²) in [6, 6.07) is -0.119. The first-order valence-corrected chi connectivity index (χ1v) is 4.49. The largest absolute Gasteiger partial charge is 0.464 e. The second-order valence-electron chi connectivity index (χ2n) is 3.33. The average molecular weight is 198 g/mol. The molecule has 2 atom stereocenters. The summed E-state index contributed by atoms with van der Waals surface area (Å²) < 4.78 is 4.84. The highest BCUT2D eigenvalue weighted by atomic mass is 16.5. The lowest BCUT2D eigenvalue weighted by Crippen LogP contribution is -2.39. The molecule has 0 saturated heterocycles. The van der Waals surface area contributed by atoms with E-state index >= 15 is 0 Å². The van der Waals surface area contributed by atoms with Crippen LogP contribution in [0.3, 0.4) is 0 Å². The molecule has 2 unspecified atom stereocenters. The second kappa shape index (κ2) is 4.21. The third-order valence-electron chi connectivity index (χ3n) is 2.04. The fraction of sp³-hybridized carbons (Fsp3) is 0.667. The first-order valence-electron chi connectivity index (χ1n) is 4.49. The van der Waals surface area contributed by atoms with Gasteiger partial charge >= 0.3 is 5.97 Å². The minimum Gasteiger partial charge on any atom is -0.464 e. The van der Waals surface area contributed by atoms with Gasteiger partial charge < -0.3 is 10.1 Å². The molecule has 14 heavy (non-hydrogen) atoms. The molecule has 0 amide bonds. The molecular formula is C9H14N2O3. The standard InChI is InChI=1S/C9H14N2O3/c1-5-8(4-14-7(3)13)11-9(10-5)6(2)12/h5,8H,4H2,1-3H3,(H,10,11). The van der Waals surface area contributed by atoms with E-state index in [1.54, 1.807) is 0 Å². The molecule has 0 bridgehead atoms. The molecule has 1 aliphatic heterocycles. The maximum atomic E-state index is 11.0. The van der Waals surface area contributed by atoms with Crippen molar-refractivity contribution in [3.05, 3.63) is 0 Å². The van der Waals surface area contributed by atoms with Crippen LogP contribution in [0.15, 0.2) is 4.99 Å². The third kappa shape index (κ3) is 2.55. The van der Waals surface area contributed by atoms with Crippen LogP contribution >= 0.6 is 0 Å². The topological polar surface area (TPSA) is 67.8 Å². The molecule has 0 aromatic heterocycles. The van der Waals surface area contributed by atoms with Gasteiger partial charge in [0.25, 0.3) is 0 Å². The number of amidine groups is 1. The summed E-state index contributed by atoms with van der Waals surface area (Å²) in [5.74, 6) is -0.0490. The molecule has 0 aromatic rings. The van der Waals surface area contributed by atoms with Gasteiger partial charge in [0.05, 0.1) is 12.1 Å². The monoisotopic (exact) mass is 198 g/mol. The van der Waals surface area contributed by atoms with Gasteiger partial charge in [-0.15, -0.1) is 0 Å². The number of hydrogen-bond donors (Lipinski definition) is 1. The van der Waals surface area contributed by atoms with Gasteiger partial charge in [-0.2, -0.15) is 0 Å². The van der Waals surface area contributed by atoms with Crippen molar-refractivity contribution in [3.63, 3.8) is 0 Å². The van der Waals surface area contributed by atoms with Crippen molar-refractivity contribution in [2.75, 3.05) is 6.61 Å². The quantitative estimate of drug-likeness (QED) is 0.643. The summed E-state index contributed by atoms with van der Waals surface area (Å²) >= 11 is 0. The number of Topliss-reactive ketones (excluding diaryl/α,β-unsaturated/α-hetero) is 1. The fourth-order valence-electron chi connectivity index (χ4n) is 1.21. The summed E-state index contributed by atoms with van der Waals surface area (Å²) in [5, 5.41) is 2.92. The second-order valence-corrected chi connectivity index (χ2v) is 3.33. The van der Waals surface area contributed by atoms with E-state index in [9.17, 15) is 9.59 Å². The van der Waals surface area contributed by atoms with Gasteiger partial charge in [0, 0.05) is 13.8 Å². The van der Waals surface area contributed by atoms with Crippen molar-refractivity contribution in [1.29, 1.82) is 0 Å². The van der Waals surface area contributed by atoms with Gasteiger partial charge in [0.2, 0.25) is 0 Å². The Hall–Kier alpha value is -1.39. The summed E-state index contributed by atoms with van der Waals surface area (Å²) in [6.45, 7) is 4.92. The van der Waals surface area contributed by atoms with Crippen LogP contribution in [-0.2, 0) is 14.3 Å². The zero-order valence-corrected chi connectivity index (χ0v) is 8.53. The van der Waals surface area contributed by atoms with Crippen LogP contribution in [0.2, 0.25) is 0 Å². The van der Waals surface area contributed by atoms with Gasteiger partial charge in [-0.3, -0.25) is 14.6 Å². The summed E-state index contributed by atoms with van der Waals surface area (Å²) in [6.07, 6.45) is 0. The molecule has 0 radical (unpaired) electrons. The molecule has 1 rings (SSSR count). The molecule has 0 fully saturated rings. The van der Waals surface area contributed by atoms with Crippen molar-refractivity contribution in [2.24, 2.45) is 4.99 Å². The highest BCUT2D eigenvalue weighted by molar-refractivity contribution is 6.38. The number of carbonyl (C=O) groups excluding carboxylic acids is 2. The minimum absolute atomic E-state index is 0.0340. The summed E-state index contributed by atoms with van der Waals surface area (Å²) in [4.78, 5) is 25.7. The molecule has 1 heterocycles. The molecule has 0 spiro atoms. The Bertz CT molecular complexity index is 286. The number of ketones is 1. The lowest BCUT2D eigenvalue weighted by atomic mass is 10.2. The molecule has 0 aromatic carbocycles. The molecule has 1 aliphatic rings.